The molecule has 0 radical (unpaired) electrons. The lowest BCUT2D eigenvalue weighted by atomic mass is 10.1. The molecule has 0 spiro atoms. The van der Waals surface area contributed by atoms with Crippen LogP contribution in [0.25, 0.3) is 0 Å². The summed E-state index contributed by atoms with van der Waals surface area (Å²) < 4.78 is 29.4. The zero-order valence-corrected chi connectivity index (χ0v) is 8.39. The lowest BCUT2D eigenvalue weighted by molar-refractivity contribution is -0.390. The highest BCUT2D eigenvalue weighted by molar-refractivity contribution is 5.95. The van der Waals surface area contributed by atoms with Crippen LogP contribution >= 0.6 is 0 Å². The molecule has 7 nitrogen and oxygen atoms in total. The predicted octanol–water partition coefficient (Wildman–Crippen LogP) is 1.42. The minimum atomic E-state index is -3.27. The standard InChI is InChI=1S/C8H6F2N2O5/c1-17-8(14)5-4(6(9)10)3(13)2-11-7(5)12(15)16/h2,6,13H,1H3. The molecule has 1 aromatic rings. The summed E-state index contributed by atoms with van der Waals surface area (Å²) in [6.07, 6.45) is -2.79. The van der Waals surface area contributed by atoms with E-state index in [1.807, 2.05) is 0 Å². The fraction of sp³-hybridized carbons (Fsp3) is 0.250. The maximum absolute atomic E-state index is 12.6. The molecule has 0 saturated carbocycles. The van der Waals surface area contributed by atoms with Gasteiger partial charge in [0.25, 0.3) is 6.43 Å². The molecule has 0 saturated heterocycles. The van der Waals surface area contributed by atoms with Crippen LogP contribution in [0.5, 0.6) is 5.75 Å². The van der Waals surface area contributed by atoms with Gasteiger partial charge in [0, 0.05) is 0 Å². The Morgan fingerprint density at radius 3 is 2.65 bits per heavy atom. The van der Waals surface area contributed by atoms with Crippen LogP contribution in [0.3, 0.4) is 0 Å². The normalized spacial score (nSPS) is 10.4. The Morgan fingerprint density at radius 2 is 2.24 bits per heavy atom. The minimum absolute atomic E-state index is 0.478. The molecule has 0 amide bonds. The monoisotopic (exact) mass is 248 g/mol. The summed E-state index contributed by atoms with van der Waals surface area (Å²) in [5.74, 6) is -3.47. The molecule has 0 aliphatic carbocycles. The van der Waals surface area contributed by atoms with E-state index in [9.17, 15) is 23.7 Å². The first kappa shape index (κ1) is 12.7. The number of ether oxygens (including phenoxy) is 1. The average molecular weight is 248 g/mol. The molecule has 1 heterocycles. The van der Waals surface area contributed by atoms with Gasteiger partial charge >= 0.3 is 11.8 Å². The van der Waals surface area contributed by atoms with Crippen LogP contribution < -0.4 is 0 Å². The van der Waals surface area contributed by atoms with E-state index >= 15 is 0 Å². The Labute approximate surface area is 92.8 Å². The number of carbonyl (C=O) groups excluding carboxylic acids is 1. The lowest BCUT2D eigenvalue weighted by Gasteiger charge is -2.07. The Balaban J connectivity index is 3.61. The van der Waals surface area contributed by atoms with Crippen molar-refractivity contribution >= 4 is 11.8 Å². The van der Waals surface area contributed by atoms with Crippen molar-refractivity contribution in [1.82, 2.24) is 4.98 Å². The van der Waals surface area contributed by atoms with Crippen molar-refractivity contribution < 1.29 is 28.3 Å². The van der Waals surface area contributed by atoms with Crippen LogP contribution in [0, 0.1) is 10.1 Å². The SMILES string of the molecule is COC(=O)c1c([N+](=O)[O-])ncc(O)c1C(F)F. The highest BCUT2D eigenvalue weighted by Crippen LogP contribution is 2.35. The maximum Gasteiger partial charge on any atom is 0.378 e. The van der Waals surface area contributed by atoms with E-state index in [0.717, 1.165) is 7.11 Å². The number of nitro groups is 1. The summed E-state index contributed by atoms with van der Waals surface area (Å²) >= 11 is 0. The minimum Gasteiger partial charge on any atom is -0.504 e. The smallest absolute Gasteiger partial charge is 0.378 e. The first-order chi connectivity index (χ1) is 7.90. The van der Waals surface area contributed by atoms with Crippen molar-refractivity contribution in [2.75, 3.05) is 7.11 Å². The third-order valence-corrected chi connectivity index (χ3v) is 1.86. The van der Waals surface area contributed by atoms with Gasteiger partial charge in [-0.2, -0.15) is 0 Å². The zero-order valence-electron chi connectivity index (χ0n) is 8.39. The van der Waals surface area contributed by atoms with Crippen LogP contribution in [-0.4, -0.2) is 28.1 Å². The van der Waals surface area contributed by atoms with Crippen molar-refractivity contribution in [2.45, 2.75) is 6.43 Å². The van der Waals surface area contributed by atoms with E-state index in [0.29, 0.717) is 6.20 Å². The lowest BCUT2D eigenvalue weighted by Crippen LogP contribution is -2.11. The quantitative estimate of drug-likeness (QED) is 0.493. The Morgan fingerprint density at radius 1 is 1.65 bits per heavy atom. The van der Waals surface area contributed by atoms with Gasteiger partial charge in [0.2, 0.25) is 0 Å². The van der Waals surface area contributed by atoms with Crippen LogP contribution in [0.2, 0.25) is 0 Å². The summed E-state index contributed by atoms with van der Waals surface area (Å²) in [5.41, 5.74) is -2.22. The van der Waals surface area contributed by atoms with Crippen LogP contribution in [0.1, 0.15) is 22.3 Å². The second-order valence-electron chi connectivity index (χ2n) is 2.81. The first-order valence-electron chi connectivity index (χ1n) is 4.12. The molecule has 0 unspecified atom stereocenters. The van der Waals surface area contributed by atoms with Gasteiger partial charge in [0.15, 0.2) is 17.5 Å². The van der Waals surface area contributed by atoms with Gasteiger partial charge in [-0.25, -0.2) is 13.6 Å². The molecule has 0 aliphatic rings. The molecule has 0 bridgehead atoms. The van der Waals surface area contributed by atoms with Crippen molar-refractivity contribution in [3.05, 3.63) is 27.4 Å². The molecule has 1 rings (SSSR count). The zero-order chi connectivity index (χ0) is 13.2. The van der Waals surface area contributed by atoms with Gasteiger partial charge in [-0.15, -0.1) is 0 Å². The third-order valence-electron chi connectivity index (χ3n) is 1.86. The molecule has 0 atom stereocenters. The summed E-state index contributed by atoms with van der Waals surface area (Å²) in [5, 5.41) is 19.7. The largest absolute Gasteiger partial charge is 0.504 e. The Hall–Kier alpha value is -2.32. The number of hydrogen-bond donors (Lipinski definition) is 1. The number of halogens is 2. The van der Waals surface area contributed by atoms with Crippen molar-refractivity contribution in [1.29, 1.82) is 0 Å². The summed E-state index contributed by atoms with van der Waals surface area (Å²) in [6.45, 7) is 0. The third kappa shape index (κ3) is 2.27. The van der Waals surface area contributed by atoms with Gasteiger partial charge < -0.3 is 20.0 Å². The van der Waals surface area contributed by atoms with E-state index < -0.39 is 40.0 Å². The summed E-state index contributed by atoms with van der Waals surface area (Å²) in [6, 6.07) is 0. The maximum atomic E-state index is 12.6. The number of esters is 1. The van der Waals surface area contributed by atoms with Crippen molar-refractivity contribution in [3.8, 4) is 5.75 Å². The number of aromatic nitrogens is 1. The Kier molecular flexibility index (Phi) is 3.51. The van der Waals surface area contributed by atoms with Crippen molar-refractivity contribution in [3.63, 3.8) is 0 Å². The average Bonchev–Trinajstić information content (AvgIpc) is 2.26. The second kappa shape index (κ2) is 4.68. The molecule has 9 heteroatoms. The molecule has 0 fully saturated rings. The number of carbonyl (C=O) groups is 1. The van der Waals surface area contributed by atoms with Crippen molar-refractivity contribution in [2.24, 2.45) is 0 Å². The molecular weight excluding hydrogens is 242 g/mol. The molecule has 17 heavy (non-hydrogen) atoms. The van der Waals surface area contributed by atoms with E-state index in [1.165, 1.54) is 0 Å². The highest BCUT2D eigenvalue weighted by atomic mass is 19.3. The van der Waals surface area contributed by atoms with Gasteiger partial charge in [-0.3, -0.25) is 0 Å². The fourth-order valence-corrected chi connectivity index (χ4v) is 1.17. The van der Waals surface area contributed by atoms with Crippen LogP contribution in [0.4, 0.5) is 14.6 Å². The molecule has 92 valence electrons. The van der Waals surface area contributed by atoms with E-state index in [2.05, 4.69) is 9.72 Å². The van der Waals surface area contributed by atoms with E-state index in [-0.39, 0.29) is 0 Å². The van der Waals surface area contributed by atoms with Gasteiger partial charge in [0.05, 0.1) is 12.7 Å². The van der Waals surface area contributed by atoms with E-state index in [4.69, 9.17) is 5.11 Å². The van der Waals surface area contributed by atoms with Crippen LogP contribution in [-0.2, 0) is 4.74 Å². The molecule has 0 aromatic carbocycles. The fourth-order valence-electron chi connectivity index (χ4n) is 1.17. The van der Waals surface area contributed by atoms with Gasteiger partial charge in [-0.05, 0) is 9.91 Å². The highest BCUT2D eigenvalue weighted by Gasteiger charge is 2.33. The summed E-state index contributed by atoms with van der Waals surface area (Å²) in [4.78, 5) is 23.7. The molecular formula is C8H6F2N2O5. The van der Waals surface area contributed by atoms with Crippen LogP contribution in [0.15, 0.2) is 6.20 Å². The number of methoxy groups -OCH3 is 1. The molecule has 1 aromatic heterocycles. The molecule has 1 N–H and O–H groups in total. The van der Waals surface area contributed by atoms with Gasteiger partial charge in [-0.1, -0.05) is 0 Å². The summed E-state index contributed by atoms with van der Waals surface area (Å²) in [7, 11) is 0.866. The number of pyridine rings is 1. The van der Waals surface area contributed by atoms with E-state index in [1.54, 1.807) is 0 Å². The number of rotatable bonds is 3. The number of nitrogens with zero attached hydrogens (tertiary/aromatic N) is 2. The Bertz CT molecular complexity index is 477. The predicted molar refractivity (Wildman–Crippen MR) is 48.9 cm³/mol. The second-order valence-corrected chi connectivity index (χ2v) is 2.81. The molecule has 0 aliphatic heterocycles. The number of alkyl halides is 2. The van der Waals surface area contributed by atoms with Gasteiger partial charge in [0.1, 0.15) is 0 Å². The number of hydrogen-bond acceptors (Lipinski definition) is 6. The first-order valence-corrected chi connectivity index (χ1v) is 4.12. The topological polar surface area (TPSA) is 103 Å². The number of aromatic hydroxyl groups is 1.